The molecule has 0 atom stereocenters. The number of hydrogen-bond donors (Lipinski definition) is 0. The van der Waals surface area contributed by atoms with Gasteiger partial charge in [-0.15, -0.1) is 0 Å². The topological polar surface area (TPSA) is 0 Å². The second kappa shape index (κ2) is 16.1. The lowest BCUT2D eigenvalue weighted by Crippen LogP contribution is -2.23. The molecule has 0 spiro atoms. The Bertz CT molecular complexity index is 2160. The van der Waals surface area contributed by atoms with Crippen molar-refractivity contribution in [3.63, 3.8) is 0 Å². The summed E-state index contributed by atoms with van der Waals surface area (Å²) in [5, 5.41) is 0. The van der Waals surface area contributed by atoms with E-state index >= 15 is 0 Å². The summed E-state index contributed by atoms with van der Waals surface area (Å²) in [5.41, 5.74) is 21.7. The largest absolute Gasteiger partial charge is 0.0617 e. The molecule has 0 aliphatic carbocycles. The molecule has 0 fully saturated rings. The maximum absolute atomic E-state index is 2.41. The third-order valence-corrected chi connectivity index (χ3v) is 13.5. The lowest BCUT2D eigenvalue weighted by molar-refractivity contribution is 0.616. The molecular formula is C56H68. The standard InChI is InChI=1S/2C28H34/c1-19-9-11-25(17-21(19)3)27(5,6)23-13-15-24(16-14-23)28(7,8)26-12-10-20(2)22(4)18-26;1-19-12-14-25(16-21(19)3)27(5,6)23-10-9-11-24(18-23)28(7,8)26-15-13-20(2)22(4)17-26/h2*9-18H,1-8H3. The van der Waals surface area contributed by atoms with Gasteiger partial charge in [-0.05, 0) is 144 Å². The minimum Gasteiger partial charge on any atom is -0.0617 e. The maximum Gasteiger partial charge on any atom is 0.0146 e. The molecule has 0 N–H and O–H groups in total. The SMILES string of the molecule is Cc1ccc(C(C)(C)c2ccc(C(C)(C)c3ccc(C)c(C)c3)cc2)cc1C.Cc1ccc(C(C)(C)c2cccc(C(C)(C)c3ccc(C)c(C)c3)c2)cc1C. The highest BCUT2D eigenvalue weighted by molar-refractivity contribution is 5.48. The van der Waals surface area contributed by atoms with Gasteiger partial charge in [-0.3, -0.25) is 0 Å². The highest BCUT2D eigenvalue weighted by Gasteiger charge is 2.29. The van der Waals surface area contributed by atoms with Crippen molar-refractivity contribution in [2.75, 3.05) is 0 Å². The fourth-order valence-corrected chi connectivity index (χ4v) is 7.79. The van der Waals surface area contributed by atoms with Gasteiger partial charge >= 0.3 is 0 Å². The Kier molecular flexibility index (Phi) is 12.2. The van der Waals surface area contributed by atoms with Crippen molar-refractivity contribution >= 4 is 0 Å². The first-order valence-corrected chi connectivity index (χ1v) is 20.6. The minimum atomic E-state index is -0.0340. The first-order chi connectivity index (χ1) is 26.1. The number of rotatable bonds is 8. The van der Waals surface area contributed by atoms with Gasteiger partial charge in [0.25, 0.3) is 0 Å². The van der Waals surface area contributed by atoms with Gasteiger partial charge in [0, 0.05) is 21.7 Å². The Morgan fingerprint density at radius 2 is 0.411 bits per heavy atom. The van der Waals surface area contributed by atoms with Gasteiger partial charge in [0.2, 0.25) is 0 Å². The van der Waals surface area contributed by atoms with Gasteiger partial charge in [0.1, 0.15) is 0 Å². The first-order valence-electron chi connectivity index (χ1n) is 20.6. The van der Waals surface area contributed by atoms with E-state index in [9.17, 15) is 0 Å². The van der Waals surface area contributed by atoms with E-state index in [0.717, 1.165) is 0 Å². The number of aryl methyl sites for hydroxylation is 8. The lowest BCUT2D eigenvalue weighted by atomic mass is 9.73. The molecule has 0 aliphatic heterocycles. The maximum atomic E-state index is 2.41. The molecule has 6 aromatic rings. The molecule has 0 aliphatic rings. The highest BCUT2D eigenvalue weighted by atomic mass is 14.3. The van der Waals surface area contributed by atoms with Gasteiger partial charge < -0.3 is 0 Å². The van der Waals surface area contributed by atoms with Crippen LogP contribution in [-0.4, -0.2) is 0 Å². The summed E-state index contributed by atoms with van der Waals surface area (Å²) in [4.78, 5) is 0. The van der Waals surface area contributed by atoms with Crippen molar-refractivity contribution in [1.29, 1.82) is 0 Å². The van der Waals surface area contributed by atoms with Crippen molar-refractivity contribution in [3.8, 4) is 0 Å². The van der Waals surface area contributed by atoms with Crippen molar-refractivity contribution in [1.82, 2.24) is 0 Å². The molecule has 0 saturated carbocycles. The summed E-state index contributed by atoms with van der Waals surface area (Å²) in [5.74, 6) is 0. The fraction of sp³-hybridized carbons (Fsp3) is 0.357. The van der Waals surface area contributed by atoms with Gasteiger partial charge in [-0.25, -0.2) is 0 Å². The zero-order valence-corrected chi connectivity index (χ0v) is 37.5. The number of benzene rings is 6. The molecule has 56 heavy (non-hydrogen) atoms. The predicted molar refractivity (Wildman–Crippen MR) is 245 cm³/mol. The monoisotopic (exact) mass is 741 g/mol. The fourth-order valence-electron chi connectivity index (χ4n) is 7.79. The van der Waals surface area contributed by atoms with Crippen LogP contribution in [0.15, 0.2) is 121 Å². The molecule has 0 heteroatoms. The van der Waals surface area contributed by atoms with Crippen LogP contribution in [0.4, 0.5) is 0 Å². The van der Waals surface area contributed by atoms with E-state index in [4.69, 9.17) is 0 Å². The van der Waals surface area contributed by atoms with E-state index in [2.05, 4.69) is 232 Å². The van der Waals surface area contributed by atoms with E-state index in [-0.39, 0.29) is 21.7 Å². The second-order valence-electron chi connectivity index (χ2n) is 18.9. The molecule has 0 radical (unpaired) electrons. The van der Waals surface area contributed by atoms with Gasteiger partial charge in [0.05, 0.1) is 0 Å². The van der Waals surface area contributed by atoms with E-state index in [0.29, 0.717) is 0 Å². The number of hydrogen-bond acceptors (Lipinski definition) is 0. The second-order valence-corrected chi connectivity index (χ2v) is 18.9. The summed E-state index contributed by atoms with van der Waals surface area (Å²) in [6.07, 6.45) is 0. The van der Waals surface area contributed by atoms with Gasteiger partial charge in [0.15, 0.2) is 0 Å². The van der Waals surface area contributed by atoms with Crippen LogP contribution in [-0.2, 0) is 21.7 Å². The quantitative estimate of drug-likeness (QED) is 0.146. The summed E-state index contributed by atoms with van der Waals surface area (Å²) in [7, 11) is 0. The van der Waals surface area contributed by atoms with Crippen LogP contribution in [0.3, 0.4) is 0 Å². The molecule has 0 amide bonds. The van der Waals surface area contributed by atoms with E-state index in [1.54, 1.807) is 0 Å². The molecule has 0 aromatic heterocycles. The van der Waals surface area contributed by atoms with E-state index in [1.165, 1.54) is 89.0 Å². The summed E-state index contributed by atoms with van der Waals surface area (Å²) >= 11 is 0. The predicted octanol–water partition coefficient (Wildman–Crippen LogP) is 15.1. The third-order valence-electron chi connectivity index (χ3n) is 13.5. The zero-order valence-electron chi connectivity index (χ0n) is 37.5. The average molecular weight is 741 g/mol. The van der Waals surface area contributed by atoms with Gasteiger partial charge in [-0.1, -0.05) is 177 Å². The normalized spacial score (nSPS) is 12.3. The Morgan fingerprint density at radius 1 is 0.214 bits per heavy atom. The Morgan fingerprint density at radius 3 is 0.643 bits per heavy atom. The zero-order chi connectivity index (χ0) is 41.4. The lowest BCUT2D eigenvalue weighted by Gasteiger charge is -2.31. The Hall–Kier alpha value is -4.68. The van der Waals surface area contributed by atoms with Crippen molar-refractivity contribution in [2.45, 2.75) is 132 Å². The molecule has 0 saturated heterocycles. The third kappa shape index (κ3) is 8.66. The highest BCUT2D eigenvalue weighted by Crippen LogP contribution is 2.39. The van der Waals surface area contributed by atoms with E-state index in [1.807, 2.05) is 0 Å². The first kappa shape index (κ1) is 42.5. The minimum absolute atomic E-state index is 0.0123. The molecule has 0 heterocycles. The average Bonchev–Trinajstić information content (AvgIpc) is 3.16. The van der Waals surface area contributed by atoms with Crippen LogP contribution in [0, 0.1) is 55.4 Å². The molecule has 0 bridgehead atoms. The van der Waals surface area contributed by atoms with Crippen LogP contribution in [0.5, 0.6) is 0 Å². The van der Waals surface area contributed by atoms with Crippen molar-refractivity contribution in [2.24, 2.45) is 0 Å². The Balaban J connectivity index is 0.000000214. The molecule has 0 unspecified atom stereocenters. The van der Waals surface area contributed by atoms with Crippen molar-refractivity contribution < 1.29 is 0 Å². The van der Waals surface area contributed by atoms with E-state index < -0.39 is 0 Å². The van der Waals surface area contributed by atoms with Crippen LogP contribution < -0.4 is 0 Å². The van der Waals surface area contributed by atoms with Crippen LogP contribution in [0.2, 0.25) is 0 Å². The smallest absolute Gasteiger partial charge is 0.0146 e. The molecule has 6 aromatic carbocycles. The summed E-state index contributed by atoms with van der Waals surface area (Å²) in [6, 6.07) is 45.9. The van der Waals surface area contributed by atoms with Gasteiger partial charge in [-0.2, -0.15) is 0 Å². The molecule has 0 nitrogen and oxygen atoms in total. The van der Waals surface area contributed by atoms with Crippen LogP contribution in [0.1, 0.15) is 144 Å². The van der Waals surface area contributed by atoms with Crippen molar-refractivity contribution in [3.05, 3.63) is 210 Å². The van der Waals surface area contributed by atoms with Crippen LogP contribution >= 0.6 is 0 Å². The molecule has 292 valence electrons. The molecule has 6 rings (SSSR count). The summed E-state index contributed by atoms with van der Waals surface area (Å²) in [6.45, 7) is 36.1. The summed E-state index contributed by atoms with van der Waals surface area (Å²) < 4.78 is 0. The Labute approximate surface area is 341 Å². The van der Waals surface area contributed by atoms with Crippen LogP contribution in [0.25, 0.3) is 0 Å². The molecular weight excluding hydrogens is 673 g/mol.